The standard InChI is InChI=1S/C30H27FN4O4/c1-38-25-11-6-18(28(32)36)16-24(25)34-30-23(29(37)33-21-9-7-20(31)8-10-21)15-19-14-17-4-2-12-35-13-3-5-22(26(17)35)27(19)39-30/h6-11,14-16H,2-5,12-13H2,1H3,(H2,32,36)(H,33,37). The van der Waals surface area contributed by atoms with Gasteiger partial charge in [0, 0.05) is 41.0 Å². The molecule has 2 amide bonds. The number of fused-ring (bicyclic) bond motifs is 2. The van der Waals surface area contributed by atoms with E-state index in [1.807, 2.05) is 0 Å². The van der Waals surface area contributed by atoms with E-state index in [9.17, 15) is 14.0 Å². The third-order valence-corrected chi connectivity index (χ3v) is 7.26. The van der Waals surface area contributed by atoms with E-state index >= 15 is 0 Å². The summed E-state index contributed by atoms with van der Waals surface area (Å²) in [5.74, 6) is -1.10. The summed E-state index contributed by atoms with van der Waals surface area (Å²) in [4.78, 5) is 32.5. The van der Waals surface area contributed by atoms with Gasteiger partial charge in [-0.25, -0.2) is 9.38 Å². The highest BCUT2D eigenvalue weighted by Crippen LogP contribution is 2.40. The maximum absolute atomic E-state index is 13.6. The summed E-state index contributed by atoms with van der Waals surface area (Å²) in [6, 6.07) is 14.0. The molecule has 39 heavy (non-hydrogen) atoms. The number of carbonyl (C=O) groups excluding carboxylic acids is 2. The first kappa shape index (κ1) is 24.7. The van der Waals surface area contributed by atoms with Crippen LogP contribution in [0, 0.1) is 5.82 Å². The molecule has 1 aromatic heterocycles. The fraction of sp³-hybridized carbons (Fsp3) is 0.233. The molecule has 2 aliphatic heterocycles. The van der Waals surface area contributed by atoms with Gasteiger partial charge in [0.05, 0.1) is 7.11 Å². The Kier molecular flexibility index (Phi) is 6.26. The highest BCUT2D eigenvalue weighted by atomic mass is 19.1. The minimum absolute atomic E-state index is 0.0613. The molecule has 3 N–H and O–H groups in total. The smallest absolute Gasteiger partial charge is 0.261 e. The Morgan fingerprint density at radius 3 is 2.56 bits per heavy atom. The SMILES string of the molecule is COc1ccc(C(N)=O)cc1N=c1oc2c3c4c(cc2cc1C(=O)Nc1ccc(F)cc1)CCCN4CCC3. The summed E-state index contributed by atoms with van der Waals surface area (Å²) < 4.78 is 25.4. The lowest BCUT2D eigenvalue weighted by Crippen LogP contribution is -2.34. The van der Waals surface area contributed by atoms with Crippen LogP contribution in [0.3, 0.4) is 0 Å². The van der Waals surface area contributed by atoms with Gasteiger partial charge in [0.2, 0.25) is 11.5 Å². The molecule has 0 radical (unpaired) electrons. The number of halogens is 1. The van der Waals surface area contributed by atoms with E-state index in [1.165, 1.54) is 48.7 Å². The summed E-state index contributed by atoms with van der Waals surface area (Å²) in [6.45, 7) is 2.02. The third-order valence-electron chi connectivity index (χ3n) is 7.26. The largest absolute Gasteiger partial charge is 0.494 e. The summed E-state index contributed by atoms with van der Waals surface area (Å²) >= 11 is 0. The van der Waals surface area contributed by atoms with E-state index in [2.05, 4.69) is 21.3 Å². The van der Waals surface area contributed by atoms with Crippen LogP contribution in [-0.4, -0.2) is 32.0 Å². The molecule has 0 atom stereocenters. The second-order valence-corrected chi connectivity index (χ2v) is 9.76. The van der Waals surface area contributed by atoms with Gasteiger partial charge in [0.15, 0.2) is 0 Å². The van der Waals surface area contributed by atoms with Crippen LogP contribution in [0.2, 0.25) is 0 Å². The van der Waals surface area contributed by atoms with E-state index in [-0.39, 0.29) is 16.7 Å². The summed E-state index contributed by atoms with van der Waals surface area (Å²) in [5, 5.41) is 3.62. The number of benzene rings is 3. The minimum Gasteiger partial charge on any atom is -0.494 e. The highest BCUT2D eigenvalue weighted by molar-refractivity contribution is 6.06. The second kappa shape index (κ2) is 9.90. The van der Waals surface area contributed by atoms with Crippen molar-refractivity contribution in [2.75, 3.05) is 30.4 Å². The number of ether oxygens (including phenoxy) is 1. The summed E-state index contributed by atoms with van der Waals surface area (Å²) in [5.41, 5.74) is 11.0. The zero-order valence-corrected chi connectivity index (χ0v) is 21.4. The highest BCUT2D eigenvalue weighted by Gasteiger charge is 2.27. The van der Waals surface area contributed by atoms with E-state index in [1.54, 1.807) is 18.2 Å². The average molecular weight is 527 g/mol. The summed E-state index contributed by atoms with van der Waals surface area (Å²) in [6.07, 6.45) is 3.92. The molecule has 8 nitrogen and oxygen atoms in total. The number of anilines is 2. The Labute approximate surface area is 223 Å². The van der Waals surface area contributed by atoms with Gasteiger partial charge in [-0.1, -0.05) is 0 Å². The lowest BCUT2D eigenvalue weighted by atomic mass is 9.90. The van der Waals surface area contributed by atoms with Gasteiger partial charge in [-0.2, -0.15) is 0 Å². The zero-order chi connectivity index (χ0) is 27.1. The fourth-order valence-electron chi connectivity index (χ4n) is 5.47. The topological polar surface area (TPSA) is 110 Å². The molecule has 198 valence electrons. The van der Waals surface area contributed by atoms with Crippen molar-refractivity contribution < 1.29 is 23.1 Å². The van der Waals surface area contributed by atoms with Crippen molar-refractivity contribution in [3.63, 3.8) is 0 Å². The van der Waals surface area contributed by atoms with E-state index in [4.69, 9.17) is 14.9 Å². The molecule has 3 aromatic carbocycles. The number of aryl methyl sites for hydroxylation is 2. The molecule has 9 heteroatoms. The molecule has 0 saturated heterocycles. The van der Waals surface area contributed by atoms with Crippen LogP contribution in [-0.2, 0) is 12.8 Å². The molecule has 0 aliphatic carbocycles. The maximum Gasteiger partial charge on any atom is 0.261 e. The molecular formula is C30H27FN4O4. The molecule has 0 bridgehead atoms. The number of nitrogens with one attached hydrogen (secondary N) is 1. The van der Waals surface area contributed by atoms with Gasteiger partial charge in [-0.15, -0.1) is 0 Å². The molecule has 6 rings (SSSR count). The van der Waals surface area contributed by atoms with Crippen molar-refractivity contribution in [1.82, 2.24) is 0 Å². The molecule has 0 unspecified atom stereocenters. The quantitative estimate of drug-likeness (QED) is 0.386. The van der Waals surface area contributed by atoms with Crippen molar-refractivity contribution in [2.24, 2.45) is 10.7 Å². The number of hydrogen-bond acceptors (Lipinski definition) is 6. The Morgan fingerprint density at radius 1 is 1.05 bits per heavy atom. The number of nitrogens with zero attached hydrogens (tertiary/aromatic N) is 2. The molecular weight excluding hydrogens is 499 g/mol. The van der Waals surface area contributed by atoms with Gasteiger partial charge in [0.25, 0.3) is 5.91 Å². The second-order valence-electron chi connectivity index (χ2n) is 9.76. The molecule has 0 fully saturated rings. The Bertz CT molecular complexity index is 1690. The minimum atomic E-state index is -0.616. The molecule has 0 saturated carbocycles. The van der Waals surface area contributed by atoms with Crippen molar-refractivity contribution >= 4 is 39.8 Å². The van der Waals surface area contributed by atoms with Crippen LogP contribution in [0.15, 0.2) is 64.0 Å². The molecule has 4 aromatic rings. The molecule has 2 aliphatic rings. The normalized spacial score (nSPS) is 14.7. The molecule has 3 heterocycles. The zero-order valence-electron chi connectivity index (χ0n) is 21.4. The first-order chi connectivity index (χ1) is 18.9. The van der Waals surface area contributed by atoms with Crippen LogP contribution in [0.25, 0.3) is 11.0 Å². The number of hydrogen-bond donors (Lipinski definition) is 2. The van der Waals surface area contributed by atoms with Crippen molar-refractivity contribution in [3.05, 3.63) is 88.2 Å². The average Bonchev–Trinajstić information content (AvgIpc) is 2.94. The van der Waals surface area contributed by atoms with Gasteiger partial charge >= 0.3 is 0 Å². The summed E-state index contributed by atoms with van der Waals surface area (Å²) in [7, 11) is 1.49. The van der Waals surface area contributed by atoms with Gasteiger partial charge in [0.1, 0.15) is 28.4 Å². The maximum atomic E-state index is 13.6. The number of primary amides is 1. The first-order valence-corrected chi connectivity index (χ1v) is 12.9. The van der Waals surface area contributed by atoms with Crippen LogP contribution < -0.4 is 26.2 Å². The predicted molar refractivity (Wildman–Crippen MR) is 146 cm³/mol. The van der Waals surface area contributed by atoms with Gasteiger partial charge < -0.3 is 25.1 Å². The lowest BCUT2D eigenvalue weighted by Gasteiger charge is -2.37. The fourth-order valence-corrected chi connectivity index (χ4v) is 5.47. The number of rotatable bonds is 5. The van der Waals surface area contributed by atoms with Crippen LogP contribution >= 0.6 is 0 Å². The molecule has 0 spiro atoms. The van der Waals surface area contributed by atoms with Crippen molar-refractivity contribution in [2.45, 2.75) is 25.7 Å². The number of amides is 2. The Balaban J connectivity index is 1.58. The van der Waals surface area contributed by atoms with E-state index < -0.39 is 17.6 Å². The Morgan fingerprint density at radius 2 is 1.82 bits per heavy atom. The van der Waals surface area contributed by atoms with E-state index in [0.717, 1.165) is 49.7 Å². The van der Waals surface area contributed by atoms with Crippen molar-refractivity contribution in [3.8, 4) is 5.75 Å². The predicted octanol–water partition coefficient (Wildman–Crippen LogP) is 4.86. The van der Waals surface area contributed by atoms with Crippen LogP contribution in [0.1, 0.15) is 44.7 Å². The van der Waals surface area contributed by atoms with Crippen molar-refractivity contribution in [1.29, 1.82) is 0 Å². The van der Waals surface area contributed by atoms with E-state index in [0.29, 0.717) is 22.7 Å². The first-order valence-electron chi connectivity index (χ1n) is 12.9. The van der Waals surface area contributed by atoms with Crippen LogP contribution in [0.5, 0.6) is 5.75 Å². The third kappa shape index (κ3) is 4.60. The number of nitrogens with two attached hydrogens (primary N) is 1. The van der Waals surface area contributed by atoms with Crippen LogP contribution in [0.4, 0.5) is 21.5 Å². The van der Waals surface area contributed by atoms with Gasteiger partial charge in [-0.3, -0.25) is 9.59 Å². The lowest BCUT2D eigenvalue weighted by molar-refractivity contribution is 0.0997. The number of carbonyl (C=O) groups is 2. The monoisotopic (exact) mass is 526 g/mol. The van der Waals surface area contributed by atoms with Gasteiger partial charge in [-0.05, 0) is 85.8 Å². The Hall–Kier alpha value is -4.66. The number of methoxy groups -OCH3 is 1.